The molecule has 0 spiro atoms. The van der Waals surface area contributed by atoms with E-state index in [-0.39, 0.29) is 6.61 Å². The molecule has 94 valence electrons. The van der Waals surface area contributed by atoms with Crippen molar-refractivity contribution in [2.24, 2.45) is 11.8 Å². The highest BCUT2D eigenvalue weighted by molar-refractivity contribution is 5.51. The van der Waals surface area contributed by atoms with Gasteiger partial charge >= 0.3 is 0 Å². The number of hydrogen-bond acceptors (Lipinski definition) is 4. The van der Waals surface area contributed by atoms with Crippen LogP contribution in [0, 0.1) is 11.8 Å². The number of benzene rings is 1. The van der Waals surface area contributed by atoms with Crippen molar-refractivity contribution >= 4 is 0 Å². The first-order valence-electron chi connectivity index (χ1n) is 5.74. The van der Waals surface area contributed by atoms with E-state index in [1.807, 2.05) is 18.2 Å². The lowest BCUT2D eigenvalue weighted by molar-refractivity contribution is 0.232. The molecule has 0 radical (unpaired) electrons. The number of rotatable bonds is 6. The summed E-state index contributed by atoms with van der Waals surface area (Å²) in [6.45, 7) is 0.846. The van der Waals surface area contributed by atoms with Crippen molar-refractivity contribution in [1.82, 2.24) is 0 Å². The highest BCUT2D eigenvalue weighted by atomic mass is 16.5. The minimum absolute atomic E-state index is 0.247. The molecule has 0 aromatic heterocycles. The molecular weight excluding hydrogens is 220 g/mol. The van der Waals surface area contributed by atoms with Crippen LogP contribution < -0.4 is 14.2 Å². The van der Waals surface area contributed by atoms with Gasteiger partial charge in [-0.1, -0.05) is 6.07 Å². The van der Waals surface area contributed by atoms with Crippen LogP contribution in [0.5, 0.6) is 17.2 Å². The SMILES string of the molecule is COc1cccc(OC)c1OCC1CC1CO. The molecule has 2 rings (SSSR count). The molecule has 0 heterocycles. The Hall–Kier alpha value is -1.42. The first-order valence-corrected chi connectivity index (χ1v) is 5.74. The molecular formula is C13H18O4. The van der Waals surface area contributed by atoms with Gasteiger partial charge < -0.3 is 19.3 Å². The van der Waals surface area contributed by atoms with Crippen LogP contribution in [0.25, 0.3) is 0 Å². The van der Waals surface area contributed by atoms with Crippen LogP contribution in [0.2, 0.25) is 0 Å². The van der Waals surface area contributed by atoms with Crippen LogP contribution in [0.3, 0.4) is 0 Å². The Morgan fingerprint density at radius 2 is 1.82 bits per heavy atom. The fourth-order valence-electron chi connectivity index (χ4n) is 1.89. The molecule has 2 unspecified atom stereocenters. The molecule has 1 saturated carbocycles. The fraction of sp³-hybridized carbons (Fsp3) is 0.538. The molecule has 2 atom stereocenters. The summed E-state index contributed by atoms with van der Waals surface area (Å²) in [6, 6.07) is 5.54. The third-order valence-electron chi connectivity index (χ3n) is 3.13. The van der Waals surface area contributed by atoms with Crippen molar-refractivity contribution in [3.63, 3.8) is 0 Å². The van der Waals surface area contributed by atoms with E-state index in [4.69, 9.17) is 19.3 Å². The van der Waals surface area contributed by atoms with E-state index in [0.717, 1.165) is 6.42 Å². The van der Waals surface area contributed by atoms with Gasteiger partial charge in [-0.3, -0.25) is 0 Å². The van der Waals surface area contributed by atoms with E-state index in [1.165, 1.54) is 0 Å². The van der Waals surface area contributed by atoms with Crippen molar-refractivity contribution < 1.29 is 19.3 Å². The maximum Gasteiger partial charge on any atom is 0.203 e. The van der Waals surface area contributed by atoms with E-state index < -0.39 is 0 Å². The lowest BCUT2D eigenvalue weighted by atomic mass is 10.3. The van der Waals surface area contributed by atoms with Crippen molar-refractivity contribution in [3.8, 4) is 17.2 Å². The molecule has 0 amide bonds. The van der Waals surface area contributed by atoms with Crippen molar-refractivity contribution in [2.45, 2.75) is 6.42 Å². The summed E-state index contributed by atoms with van der Waals surface area (Å²) in [4.78, 5) is 0. The smallest absolute Gasteiger partial charge is 0.203 e. The van der Waals surface area contributed by atoms with Crippen molar-refractivity contribution in [2.75, 3.05) is 27.4 Å². The third-order valence-corrected chi connectivity index (χ3v) is 3.13. The molecule has 1 N–H and O–H groups in total. The molecule has 4 nitrogen and oxygen atoms in total. The first kappa shape index (κ1) is 12.0. The van der Waals surface area contributed by atoms with Gasteiger partial charge in [0.1, 0.15) is 0 Å². The van der Waals surface area contributed by atoms with Crippen LogP contribution in [0.4, 0.5) is 0 Å². The summed E-state index contributed by atoms with van der Waals surface area (Å²) in [5.74, 6) is 2.84. The van der Waals surface area contributed by atoms with Gasteiger partial charge in [0.2, 0.25) is 5.75 Å². The van der Waals surface area contributed by atoms with E-state index in [2.05, 4.69) is 0 Å². The fourth-order valence-corrected chi connectivity index (χ4v) is 1.89. The Morgan fingerprint density at radius 3 is 2.29 bits per heavy atom. The Balaban J connectivity index is 2.03. The predicted molar refractivity (Wildman–Crippen MR) is 63.7 cm³/mol. The molecule has 1 aliphatic carbocycles. The number of para-hydroxylation sites is 1. The molecule has 17 heavy (non-hydrogen) atoms. The summed E-state index contributed by atoms with van der Waals surface area (Å²) in [5, 5.41) is 8.97. The van der Waals surface area contributed by atoms with E-state index in [1.54, 1.807) is 14.2 Å². The second-order valence-electron chi connectivity index (χ2n) is 4.24. The maximum atomic E-state index is 8.97. The second kappa shape index (κ2) is 5.27. The number of aliphatic hydroxyl groups excluding tert-OH is 1. The van der Waals surface area contributed by atoms with Crippen molar-refractivity contribution in [3.05, 3.63) is 18.2 Å². The highest BCUT2D eigenvalue weighted by Crippen LogP contribution is 2.41. The molecule has 0 bridgehead atoms. The summed E-state index contributed by atoms with van der Waals surface area (Å²) >= 11 is 0. The van der Waals surface area contributed by atoms with E-state index in [0.29, 0.717) is 35.7 Å². The van der Waals surface area contributed by atoms with Gasteiger partial charge in [-0.15, -0.1) is 0 Å². The zero-order valence-corrected chi connectivity index (χ0v) is 10.2. The summed E-state index contributed by atoms with van der Waals surface area (Å²) < 4.78 is 16.2. The molecule has 4 heteroatoms. The normalized spacial score (nSPS) is 22.1. The second-order valence-corrected chi connectivity index (χ2v) is 4.24. The average molecular weight is 238 g/mol. The van der Waals surface area contributed by atoms with Gasteiger partial charge in [-0.2, -0.15) is 0 Å². The zero-order valence-electron chi connectivity index (χ0n) is 10.2. The summed E-state index contributed by atoms with van der Waals surface area (Å²) in [6.07, 6.45) is 1.04. The topological polar surface area (TPSA) is 47.9 Å². The van der Waals surface area contributed by atoms with Crippen molar-refractivity contribution in [1.29, 1.82) is 0 Å². The quantitative estimate of drug-likeness (QED) is 0.819. The molecule has 1 aliphatic rings. The standard InChI is InChI=1S/C13H18O4/c1-15-11-4-3-5-12(16-2)13(11)17-8-10-6-9(10)7-14/h3-5,9-10,14H,6-8H2,1-2H3. The Labute approximate surface area is 101 Å². The van der Waals surface area contributed by atoms with Gasteiger partial charge in [0.05, 0.1) is 20.8 Å². The predicted octanol–water partition coefficient (Wildman–Crippen LogP) is 1.71. The summed E-state index contributed by atoms with van der Waals surface area (Å²) in [5.41, 5.74) is 0. The van der Waals surface area contributed by atoms with E-state index >= 15 is 0 Å². The third kappa shape index (κ3) is 2.64. The van der Waals surface area contributed by atoms with Crippen LogP contribution >= 0.6 is 0 Å². The number of aliphatic hydroxyl groups is 1. The van der Waals surface area contributed by atoms with Crippen LogP contribution in [0.15, 0.2) is 18.2 Å². The Morgan fingerprint density at radius 1 is 1.18 bits per heavy atom. The zero-order chi connectivity index (χ0) is 12.3. The van der Waals surface area contributed by atoms with Gasteiger partial charge in [-0.05, 0) is 30.4 Å². The minimum atomic E-state index is 0.247. The Bertz CT molecular complexity index is 355. The van der Waals surface area contributed by atoms with E-state index in [9.17, 15) is 0 Å². The lowest BCUT2D eigenvalue weighted by Gasteiger charge is -2.13. The number of methoxy groups -OCH3 is 2. The van der Waals surface area contributed by atoms with Gasteiger partial charge in [-0.25, -0.2) is 0 Å². The minimum Gasteiger partial charge on any atom is -0.493 e. The monoisotopic (exact) mass is 238 g/mol. The van der Waals surface area contributed by atoms with Gasteiger partial charge in [0.25, 0.3) is 0 Å². The molecule has 1 aromatic carbocycles. The highest BCUT2D eigenvalue weighted by Gasteiger charge is 2.37. The van der Waals surface area contributed by atoms with Gasteiger partial charge in [0.15, 0.2) is 11.5 Å². The average Bonchev–Trinajstić information content (AvgIpc) is 3.14. The summed E-state index contributed by atoms with van der Waals surface area (Å²) in [7, 11) is 3.21. The molecule has 1 fully saturated rings. The van der Waals surface area contributed by atoms with Crippen LogP contribution in [0.1, 0.15) is 6.42 Å². The first-order chi connectivity index (χ1) is 8.30. The maximum absolute atomic E-state index is 8.97. The van der Waals surface area contributed by atoms with Crippen LogP contribution in [-0.2, 0) is 0 Å². The van der Waals surface area contributed by atoms with Crippen LogP contribution in [-0.4, -0.2) is 32.5 Å². The number of hydrogen-bond donors (Lipinski definition) is 1. The molecule has 0 aliphatic heterocycles. The Kier molecular flexibility index (Phi) is 3.74. The largest absolute Gasteiger partial charge is 0.493 e. The lowest BCUT2D eigenvalue weighted by Crippen LogP contribution is -2.05. The molecule has 1 aromatic rings. The van der Waals surface area contributed by atoms with Gasteiger partial charge in [0, 0.05) is 6.61 Å². The number of ether oxygens (including phenoxy) is 3. The molecule has 0 saturated heterocycles.